The van der Waals surface area contributed by atoms with Crippen LogP contribution in [0.4, 0.5) is 5.69 Å². The molecule has 1 N–H and O–H groups in total. The summed E-state index contributed by atoms with van der Waals surface area (Å²) in [6, 6.07) is 10.6. The van der Waals surface area contributed by atoms with Crippen LogP contribution in [-0.4, -0.2) is 50.5 Å². The SMILES string of the molecule is CCCCNC(=O)[C@@H](C)N(Cc1ccc(Cl)cc1Cl)C(=O)CN(c1cccc(Br)c1)S(C)(=O)=O. The molecule has 0 aliphatic carbocycles. The van der Waals surface area contributed by atoms with Gasteiger partial charge in [0.2, 0.25) is 21.8 Å². The van der Waals surface area contributed by atoms with Crippen LogP contribution >= 0.6 is 39.1 Å². The van der Waals surface area contributed by atoms with Crippen LogP contribution in [0.15, 0.2) is 46.9 Å². The van der Waals surface area contributed by atoms with Crippen LogP contribution < -0.4 is 9.62 Å². The Hall–Kier alpha value is -1.81. The molecule has 186 valence electrons. The third kappa shape index (κ3) is 8.15. The van der Waals surface area contributed by atoms with Crippen molar-refractivity contribution in [3.05, 3.63) is 62.5 Å². The lowest BCUT2D eigenvalue weighted by atomic mass is 10.1. The van der Waals surface area contributed by atoms with E-state index in [1.54, 1.807) is 49.4 Å². The average molecular weight is 593 g/mol. The van der Waals surface area contributed by atoms with E-state index in [-0.39, 0.29) is 12.5 Å². The molecule has 0 saturated carbocycles. The van der Waals surface area contributed by atoms with Gasteiger partial charge >= 0.3 is 0 Å². The summed E-state index contributed by atoms with van der Waals surface area (Å²) in [5.74, 6) is -0.880. The van der Waals surface area contributed by atoms with Gasteiger partial charge < -0.3 is 10.2 Å². The summed E-state index contributed by atoms with van der Waals surface area (Å²) >= 11 is 15.6. The minimum atomic E-state index is -3.79. The standard InChI is InChI=1S/C23H28BrCl2N3O4S/c1-4-5-11-27-23(31)16(2)28(14-17-9-10-19(25)13-21(17)26)22(30)15-29(34(3,32)33)20-8-6-7-18(24)12-20/h6-10,12-13,16H,4-5,11,14-15H2,1-3H3,(H,27,31)/t16-/m1/s1. The van der Waals surface area contributed by atoms with Crippen molar-refractivity contribution >= 4 is 66.7 Å². The zero-order chi connectivity index (χ0) is 25.5. The van der Waals surface area contributed by atoms with Gasteiger partial charge in [-0.2, -0.15) is 0 Å². The summed E-state index contributed by atoms with van der Waals surface area (Å²) in [4.78, 5) is 27.6. The monoisotopic (exact) mass is 591 g/mol. The summed E-state index contributed by atoms with van der Waals surface area (Å²) in [5, 5.41) is 3.61. The molecule has 0 spiro atoms. The highest BCUT2D eigenvalue weighted by Gasteiger charge is 2.30. The van der Waals surface area contributed by atoms with Crippen molar-refractivity contribution < 1.29 is 18.0 Å². The van der Waals surface area contributed by atoms with Crippen LogP contribution in [0.2, 0.25) is 10.0 Å². The van der Waals surface area contributed by atoms with Gasteiger partial charge in [-0.25, -0.2) is 8.42 Å². The number of sulfonamides is 1. The third-order valence-corrected chi connectivity index (χ3v) is 7.35. The maximum atomic E-state index is 13.5. The van der Waals surface area contributed by atoms with Crippen molar-refractivity contribution in [1.82, 2.24) is 10.2 Å². The number of rotatable bonds is 11. The maximum Gasteiger partial charge on any atom is 0.244 e. The quantitative estimate of drug-likeness (QED) is 0.378. The number of nitrogens with one attached hydrogen (secondary N) is 1. The number of halogens is 3. The van der Waals surface area contributed by atoms with Crippen molar-refractivity contribution in [3.8, 4) is 0 Å². The van der Waals surface area contributed by atoms with Crippen LogP contribution in [0, 0.1) is 0 Å². The van der Waals surface area contributed by atoms with Crippen LogP contribution in [0.25, 0.3) is 0 Å². The molecular formula is C23H28BrCl2N3O4S. The van der Waals surface area contributed by atoms with E-state index in [1.165, 1.54) is 4.90 Å². The molecule has 34 heavy (non-hydrogen) atoms. The minimum absolute atomic E-state index is 0.00723. The summed E-state index contributed by atoms with van der Waals surface area (Å²) < 4.78 is 26.8. The number of hydrogen-bond acceptors (Lipinski definition) is 4. The second-order valence-corrected chi connectivity index (χ2v) is 11.5. The topological polar surface area (TPSA) is 86.8 Å². The second kappa shape index (κ2) is 12.8. The molecule has 11 heteroatoms. The van der Waals surface area contributed by atoms with Gasteiger partial charge in [-0.1, -0.05) is 64.6 Å². The molecule has 0 fully saturated rings. The lowest BCUT2D eigenvalue weighted by molar-refractivity contribution is -0.139. The Bertz CT molecular complexity index is 1130. The van der Waals surface area contributed by atoms with Gasteiger partial charge in [-0.3, -0.25) is 13.9 Å². The van der Waals surface area contributed by atoms with Gasteiger partial charge in [0.05, 0.1) is 11.9 Å². The highest BCUT2D eigenvalue weighted by molar-refractivity contribution is 9.10. The Kier molecular flexibility index (Phi) is 10.7. The average Bonchev–Trinajstić information content (AvgIpc) is 2.75. The highest BCUT2D eigenvalue weighted by atomic mass is 79.9. The van der Waals surface area contributed by atoms with Gasteiger partial charge in [0, 0.05) is 27.6 Å². The number of unbranched alkanes of at least 4 members (excludes halogenated alkanes) is 1. The molecule has 0 aliphatic heterocycles. The molecule has 7 nitrogen and oxygen atoms in total. The fourth-order valence-corrected chi connectivity index (χ4v) is 4.89. The summed E-state index contributed by atoms with van der Waals surface area (Å²) in [6.07, 6.45) is 2.75. The van der Waals surface area contributed by atoms with Gasteiger partial charge in [-0.05, 0) is 49.2 Å². The smallest absolute Gasteiger partial charge is 0.244 e. The Morgan fingerprint density at radius 1 is 1.15 bits per heavy atom. The first-order chi connectivity index (χ1) is 15.9. The largest absolute Gasteiger partial charge is 0.354 e. The molecule has 0 aliphatic rings. The summed E-state index contributed by atoms with van der Waals surface area (Å²) in [6.45, 7) is 3.62. The van der Waals surface area contributed by atoms with Crippen LogP contribution in [0.3, 0.4) is 0 Å². The van der Waals surface area contributed by atoms with Crippen LogP contribution in [0.1, 0.15) is 32.3 Å². The molecular weight excluding hydrogens is 565 g/mol. The first-order valence-corrected chi connectivity index (χ1v) is 14.1. The van der Waals surface area contributed by atoms with Crippen molar-refractivity contribution in [2.45, 2.75) is 39.3 Å². The molecule has 0 saturated heterocycles. The van der Waals surface area contributed by atoms with Gasteiger partial charge in [0.25, 0.3) is 0 Å². The number of anilines is 1. The van der Waals surface area contributed by atoms with E-state index in [9.17, 15) is 18.0 Å². The van der Waals surface area contributed by atoms with Gasteiger partial charge in [-0.15, -0.1) is 0 Å². The second-order valence-electron chi connectivity index (χ2n) is 7.83. The Morgan fingerprint density at radius 2 is 1.85 bits per heavy atom. The molecule has 0 bridgehead atoms. The lowest BCUT2D eigenvalue weighted by Crippen LogP contribution is -2.51. The first kappa shape index (κ1) is 28.4. The number of amides is 2. The Balaban J connectivity index is 2.38. The normalized spacial score (nSPS) is 12.2. The van der Waals surface area contributed by atoms with Crippen LogP contribution in [-0.2, 0) is 26.2 Å². The molecule has 0 unspecified atom stereocenters. The zero-order valence-electron chi connectivity index (χ0n) is 19.2. The molecule has 2 aromatic carbocycles. The molecule has 1 atom stereocenters. The molecule has 2 rings (SSSR count). The fraction of sp³-hybridized carbons (Fsp3) is 0.391. The molecule has 2 aromatic rings. The maximum absolute atomic E-state index is 13.5. The van der Waals surface area contributed by atoms with E-state index in [1.807, 2.05) is 6.92 Å². The van der Waals surface area contributed by atoms with E-state index in [0.29, 0.717) is 32.3 Å². The zero-order valence-corrected chi connectivity index (χ0v) is 23.1. The number of benzene rings is 2. The van der Waals surface area contributed by atoms with Crippen molar-refractivity contribution in [3.63, 3.8) is 0 Å². The van der Waals surface area contributed by atoms with Gasteiger partial charge in [0.15, 0.2) is 0 Å². The van der Waals surface area contributed by atoms with Crippen molar-refractivity contribution in [1.29, 1.82) is 0 Å². The van der Waals surface area contributed by atoms with E-state index in [4.69, 9.17) is 23.2 Å². The van der Waals surface area contributed by atoms with E-state index in [0.717, 1.165) is 23.4 Å². The van der Waals surface area contributed by atoms with E-state index in [2.05, 4.69) is 21.2 Å². The summed E-state index contributed by atoms with van der Waals surface area (Å²) in [7, 11) is -3.79. The molecule has 0 radical (unpaired) electrons. The van der Waals surface area contributed by atoms with Crippen molar-refractivity contribution in [2.75, 3.05) is 23.7 Å². The Morgan fingerprint density at radius 3 is 2.44 bits per heavy atom. The van der Waals surface area contributed by atoms with Crippen LogP contribution in [0.5, 0.6) is 0 Å². The Labute approximate surface area is 219 Å². The predicted molar refractivity (Wildman–Crippen MR) is 141 cm³/mol. The first-order valence-electron chi connectivity index (χ1n) is 10.7. The predicted octanol–water partition coefficient (Wildman–Crippen LogP) is 4.86. The van der Waals surface area contributed by atoms with E-state index >= 15 is 0 Å². The van der Waals surface area contributed by atoms with Gasteiger partial charge in [0.1, 0.15) is 12.6 Å². The lowest BCUT2D eigenvalue weighted by Gasteiger charge is -2.31. The fourth-order valence-electron chi connectivity index (χ4n) is 3.20. The molecule has 2 amide bonds. The molecule has 0 aromatic heterocycles. The van der Waals surface area contributed by atoms with E-state index < -0.39 is 28.5 Å². The number of carbonyl (C=O) groups excluding carboxylic acids is 2. The molecule has 0 heterocycles. The minimum Gasteiger partial charge on any atom is -0.354 e. The number of hydrogen-bond donors (Lipinski definition) is 1. The third-order valence-electron chi connectivity index (χ3n) is 5.13. The number of nitrogens with zero attached hydrogens (tertiary/aromatic N) is 2. The summed E-state index contributed by atoms with van der Waals surface area (Å²) in [5.41, 5.74) is 0.913. The number of carbonyl (C=O) groups is 2. The van der Waals surface area contributed by atoms with Crippen molar-refractivity contribution in [2.24, 2.45) is 0 Å². The highest BCUT2D eigenvalue weighted by Crippen LogP contribution is 2.25.